The van der Waals surface area contributed by atoms with Crippen LogP contribution in [0.25, 0.3) is 0 Å². The van der Waals surface area contributed by atoms with E-state index in [1.807, 2.05) is 12.1 Å². The monoisotopic (exact) mass is 277 g/mol. The molecule has 0 aliphatic carbocycles. The van der Waals surface area contributed by atoms with E-state index in [4.69, 9.17) is 5.73 Å². The van der Waals surface area contributed by atoms with Gasteiger partial charge in [0.15, 0.2) is 0 Å². The lowest BCUT2D eigenvalue weighted by molar-refractivity contribution is -0.120. The second-order valence-corrected chi connectivity index (χ2v) is 5.06. The molecule has 1 fully saturated rings. The van der Waals surface area contributed by atoms with Crippen LogP contribution in [0.1, 0.15) is 12.8 Å². The molecule has 3 N–H and O–H groups in total. The molecular formula is C14H23N5O. The van der Waals surface area contributed by atoms with Gasteiger partial charge in [-0.1, -0.05) is 0 Å². The van der Waals surface area contributed by atoms with Crippen LogP contribution < -0.4 is 16.0 Å². The van der Waals surface area contributed by atoms with Crippen molar-refractivity contribution in [3.05, 3.63) is 18.3 Å². The highest BCUT2D eigenvalue weighted by molar-refractivity contribution is 5.75. The molecule has 2 heterocycles. The predicted molar refractivity (Wildman–Crippen MR) is 80.6 cm³/mol. The van der Waals surface area contributed by atoms with Crippen LogP contribution in [-0.2, 0) is 4.79 Å². The highest BCUT2D eigenvalue weighted by atomic mass is 16.1. The van der Waals surface area contributed by atoms with Crippen LogP contribution in [0.15, 0.2) is 18.3 Å². The van der Waals surface area contributed by atoms with Crippen LogP contribution in [0.5, 0.6) is 0 Å². The van der Waals surface area contributed by atoms with Gasteiger partial charge in [0.2, 0.25) is 5.91 Å². The number of rotatable bonds is 5. The lowest BCUT2D eigenvalue weighted by Crippen LogP contribution is -2.47. The number of amides is 1. The number of carbonyl (C=O) groups excluding carboxylic acids is 1. The topological polar surface area (TPSA) is 74.5 Å². The Hall–Kier alpha value is -1.82. The lowest BCUT2D eigenvalue weighted by atomic mass is 10.2. The number of hydrogen-bond donors (Lipinski definition) is 2. The number of hydrogen-bond acceptors (Lipinski definition) is 5. The third-order valence-corrected chi connectivity index (χ3v) is 3.62. The minimum Gasteiger partial charge on any atom is -0.397 e. The summed E-state index contributed by atoms with van der Waals surface area (Å²) >= 11 is 0. The molecule has 0 atom stereocenters. The number of nitrogens with one attached hydrogen (secondary N) is 1. The van der Waals surface area contributed by atoms with Crippen LogP contribution in [0, 0.1) is 0 Å². The highest BCUT2D eigenvalue weighted by Crippen LogP contribution is 2.14. The predicted octanol–water partition coefficient (Wildman–Crippen LogP) is 0.312. The minimum atomic E-state index is 0.120. The molecule has 6 heteroatoms. The number of nitrogens with zero attached hydrogens (tertiary/aromatic N) is 3. The molecule has 0 bridgehead atoms. The SMILES string of the molecule is CNC(=O)CCCN1CCN(c2ccc(N)cn2)CC1. The van der Waals surface area contributed by atoms with E-state index in [2.05, 4.69) is 20.1 Å². The maximum atomic E-state index is 11.2. The zero-order valence-corrected chi connectivity index (χ0v) is 12.0. The van der Waals surface area contributed by atoms with Gasteiger partial charge in [-0.3, -0.25) is 9.69 Å². The fourth-order valence-corrected chi connectivity index (χ4v) is 2.37. The van der Waals surface area contributed by atoms with Crippen molar-refractivity contribution in [2.24, 2.45) is 0 Å². The minimum absolute atomic E-state index is 0.120. The van der Waals surface area contributed by atoms with Gasteiger partial charge in [0.1, 0.15) is 5.82 Å². The molecule has 2 rings (SSSR count). The summed E-state index contributed by atoms with van der Waals surface area (Å²) in [6.45, 7) is 4.95. The van der Waals surface area contributed by atoms with Crippen molar-refractivity contribution in [2.45, 2.75) is 12.8 Å². The van der Waals surface area contributed by atoms with E-state index in [0.717, 1.165) is 45.0 Å². The van der Waals surface area contributed by atoms with Gasteiger partial charge in [-0.15, -0.1) is 0 Å². The van der Waals surface area contributed by atoms with Gasteiger partial charge in [0.05, 0.1) is 11.9 Å². The molecule has 1 aliphatic rings. The Morgan fingerprint density at radius 3 is 2.70 bits per heavy atom. The third-order valence-electron chi connectivity index (χ3n) is 3.62. The molecule has 0 saturated carbocycles. The molecule has 1 saturated heterocycles. The fourth-order valence-electron chi connectivity index (χ4n) is 2.37. The standard InChI is InChI=1S/C14H23N5O/c1-16-14(20)3-2-6-18-7-9-19(10-8-18)13-5-4-12(15)11-17-13/h4-5,11H,2-3,6-10,15H2,1H3,(H,16,20). The van der Waals surface area contributed by atoms with E-state index in [1.54, 1.807) is 13.2 Å². The maximum Gasteiger partial charge on any atom is 0.219 e. The Morgan fingerprint density at radius 2 is 2.10 bits per heavy atom. The van der Waals surface area contributed by atoms with Crippen LogP contribution in [-0.4, -0.2) is 55.6 Å². The number of piperazine rings is 1. The molecule has 6 nitrogen and oxygen atoms in total. The van der Waals surface area contributed by atoms with Crippen molar-refractivity contribution in [3.8, 4) is 0 Å². The van der Waals surface area contributed by atoms with Crippen molar-refractivity contribution in [1.82, 2.24) is 15.2 Å². The third kappa shape index (κ3) is 4.09. The smallest absolute Gasteiger partial charge is 0.219 e. The summed E-state index contributed by atoms with van der Waals surface area (Å²) in [5.41, 5.74) is 6.34. The van der Waals surface area contributed by atoms with Crippen LogP contribution in [0.4, 0.5) is 11.5 Å². The molecule has 1 aliphatic heterocycles. The average Bonchev–Trinajstić information content (AvgIpc) is 2.48. The Balaban J connectivity index is 1.72. The van der Waals surface area contributed by atoms with E-state index < -0.39 is 0 Å². The average molecular weight is 277 g/mol. The summed E-state index contributed by atoms with van der Waals surface area (Å²) in [5, 5.41) is 2.65. The molecule has 1 aromatic heterocycles. The molecule has 0 radical (unpaired) electrons. The molecule has 1 amide bonds. The molecule has 20 heavy (non-hydrogen) atoms. The first-order chi connectivity index (χ1) is 9.69. The molecule has 0 unspecified atom stereocenters. The number of pyridine rings is 1. The van der Waals surface area contributed by atoms with Crippen molar-refractivity contribution < 1.29 is 4.79 Å². The number of nitrogens with two attached hydrogens (primary N) is 1. The molecule has 0 spiro atoms. The molecule has 110 valence electrons. The van der Waals surface area contributed by atoms with Gasteiger partial charge in [-0.25, -0.2) is 4.98 Å². The molecular weight excluding hydrogens is 254 g/mol. The van der Waals surface area contributed by atoms with Gasteiger partial charge in [0.25, 0.3) is 0 Å². The number of aromatic nitrogens is 1. The van der Waals surface area contributed by atoms with Gasteiger partial charge in [0, 0.05) is 39.6 Å². The van der Waals surface area contributed by atoms with Crippen molar-refractivity contribution in [1.29, 1.82) is 0 Å². The van der Waals surface area contributed by atoms with Gasteiger partial charge in [-0.05, 0) is 25.1 Å². The Bertz CT molecular complexity index is 426. The molecule has 1 aromatic rings. The molecule has 0 aromatic carbocycles. The number of anilines is 2. The maximum absolute atomic E-state index is 11.2. The van der Waals surface area contributed by atoms with Gasteiger partial charge >= 0.3 is 0 Å². The highest BCUT2D eigenvalue weighted by Gasteiger charge is 2.17. The Kier molecular flexibility index (Phi) is 5.17. The summed E-state index contributed by atoms with van der Waals surface area (Å²) in [6.07, 6.45) is 3.22. The van der Waals surface area contributed by atoms with E-state index in [0.29, 0.717) is 12.1 Å². The first-order valence-corrected chi connectivity index (χ1v) is 7.08. The fraction of sp³-hybridized carbons (Fsp3) is 0.571. The van der Waals surface area contributed by atoms with Crippen molar-refractivity contribution in [2.75, 3.05) is 50.4 Å². The lowest BCUT2D eigenvalue weighted by Gasteiger charge is -2.35. The Labute approximate surface area is 120 Å². The zero-order chi connectivity index (χ0) is 14.4. The summed E-state index contributed by atoms with van der Waals surface area (Å²) in [7, 11) is 1.68. The first kappa shape index (κ1) is 14.6. The second-order valence-electron chi connectivity index (χ2n) is 5.06. The zero-order valence-electron chi connectivity index (χ0n) is 12.0. The van der Waals surface area contributed by atoms with Gasteiger partial charge in [-0.2, -0.15) is 0 Å². The summed E-state index contributed by atoms with van der Waals surface area (Å²) in [4.78, 5) is 20.2. The summed E-state index contributed by atoms with van der Waals surface area (Å²) in [5.74, 6) is 1.11. The van der Waals surface area contributed by atoms with Crippen molar-refractivity contribution in [3.63, 3.8) is 0 Å². The quantitative estimate of drug-likeness (QED) is 0.810. The van der Waals surface area contributed by atoms with Crippen LogP contribution in [0.3, 0.4) is 0 Å². The van der Waals surface area contributed by atoms with E-state index in [-0.39, 0.29) is 5.91 Å². The first-order valence-electron chi connectivity index (χ1n) is 7.08. The van der Waals surface area contributed by atoms with Crippen LogP contribution >= 0.6 is 0 Å². The Morgan fingerprint density at radius 1 is 1.35 bits per heavy atom. The second kappa shape index (κ2) is 7.09. The van der Waals surface area contributed by atoms with Crippen molar-refractivity contribution >= 4 is 17.4 Å². The van der Waals surface area contributed by atoms with E-state index >= 15 is 0 Å². The number of carbonyl (C=O) groups is 1. The largest absolute Gasteiger partial charge is 0.397 e. The van der Waals surface area contributed by atoms with Gasteiger partial charge < -0.3 is 16.0 Å². The summed E-state index contributed by atoms with van der Waals surface area (Å²) in [6, 6.07) is 3.86. The van der Waals surface area contributed by atoms with Crippen LogP contribution in [0.2, 0.25) is 0 Å². The van der Waals surface area contributed by atoms with E-state index in [9.17, 15) is 4.79 Å². The number of nitrogen functional groups attached to an aromatic ring is 1. The normalized spacial score (nSPS) is 16.1. The summed E-state index contributed by atoms with van der Waals surface area (Å²) < 4.78 is 0. The van der Waals surface area contributed by atoms with E-state index in [1.165, 1.54) is 0 Å².